The van der Waals surface area contributed by atoms with Crippen molar-refractivity contribution < 1.29 is 13.6 Å². The first-order valence-electron chi connectivity index (χ1n) is 9.99. The second kappa shape index (κ2) is 7.97. The third kappa shape index (κ3) is 3.54. The van der Waals surface area contributed by atoms with Gasteiger partial charge in [0.25, 0.3) is 11.5 Å². The number of allylic oxidation sites excluding steroid dienone is 1. The molecule has 8 heteroatoms. The van der Waals surface area contributed by atoms with E-state index < -0.39 is 6.04 Å². The molecular formula is C24H19N3O4S. The Morgan fingerprint density at radius 2 is 1.97 bits per heavy atom. The van der Waals surface area contributed by atoms with Crippen molar-refractivity contribution >= 4 is 29.0 Å². The van der Waals surface area contributed by atoms with Gasteiger partial charge in [-0.25, -0.2) is 4.99 Å². The summed E-state index contributed by atoms with van der Waals surface area (Å²) >= 11 is 1.27. The van der Waals surface area contributed by atoms with Gasteiger partial charge < -0.3 is 14.2 Å². The Hall–Kier alpha value is -3.91. The molecule has 5 rings (SSSR count). The van der Waals surface area contributed by atoms with Gasteiger partial charge in [0.15, 0.2) is 4.80 Å². The topological polar surface area (TPSA) is 89.7 Å². The molecule has 0 spiro atoms. The molecule has 1 aliphatic rings. The summed E-state index contributed by atoms with van der Waals surface area (Å²) in [5.74, 6) is 0.865. The van der Waals surface area contributed by atoms with E-state index in [1.54, 1.807) is 49.8 Å². The minimum atomic E-state index is -0.727. The number of hydrogen-bond acceptors (Lipinski definition) is 6. The molecule has 0 saturated carbocycles. The van der Waals surface area contributed by atoms with Crippen molar-refractivity contribution in [2.75, 3.05) is 5.32 Å². The van der Waals surface area contributed by atoms with Gasteiger partial charge in [-0.2, -0.15) is 0 Å². The number of aromatic nitrogens is 1. The molecule has 4 heterocycles. The van der Waals surface area contributed by atoms with Crippen molar-refractivity contribution in [3.8, 4) is 0 Å². The smallest absolute Gasteiger partial charge is 0.271 e. The fraction of sp³-hybridized carbons (Fsp3) is 0.125. The number of anilines is 1. The van der Waals surface area contributed by atoms with Crippen LogP contribution < -0.4 is 20.2 Å². The largest absolute Gasteiger partial charge is 0.472 e. The van der Waals surface area contributed by atoms with E-state index in [0.717, 1.165) is 5.56 Å². The lowest BCUT2D eigenvalue weighted by molar-refractivity contribution is -0.113. The Bertz CT molecular complexity index is 1510. The van der Waals surface area contributed by atoms with Crippen LogP contribution in [0, 0.1) is 6.92 Å². The maximum absolute atomic E-state index is 13.4. The molecular weight excluding hydrogens is 426 g/mol. The van der Waals surface area contributed by atoms with E-state index in [0.29, 0.717) is 37.8 Å². The Labute approximate surface area is 186 Å². The lowest BCUT2D eigenvalue weighted by Crippen LogP contribution is -2.40. The summed E-state index contributed by atoms with van der Waals surface area (Å²) < 4.78 is 13.0. The molecule has 0 bridgehead atoms. The summed E-state index contributed by atoms with van der Waals surface area (Å²) in [5.41, 5.74) is 2.09. The molecule has 32 heavy (non-hydrogen) atoms. The summed E-state index contributed by atoms with van der Waals surface area (Å²) in [7, 11) is 0. The Morgan fingerprint density at radius 1 is 1.16 bits per heavy atom. The number of carbonyl (C=O) groups excluding carboxylic acids is 1. The number of furan rings is 2. The number of aryl methyl sites for hydroxylation is 1. The Balaban J connectivity index is 1.68. The second-order valence-electron chi connectivity index (χ2n) is 7.41. The van der Waals surface area contributed by atoms with E-state index in [9.17, 15) is 9.59 Å². The molecule has 3 aromatic heterocycles. The van der Waals surface area contributed by atoms with Gasteiger partial charge in [-0.3, -0.25) is 14.2 Å². The summed E-state index contributed by atoms with van der Waals surface area (Å²) in [4.78, 5) is 31.9. The SMILES string of the molecule is CC1=C(C(=O)Nc2ccccc2)[C@@H](c2ccc(C)o2)n2c(s/c(=C/c3ccoc3)c2=O)=N1. The van der Waals surface area contributed by atoms with Crippen molar-refractivity contribution in [3.63, 3.8) is 0 Å². The third-order valence-corrected chi connectivity index (χ3v) is 6.15. The van der Waals surface area contributed by atoms with Gasteiger partial charge in [0.1, 0.15) is 17.6 Å². The van der Waals surface area contributed by atoms with Crippen LogP contribution in [0.25, 0.3) is 6.08 Å². The molecule has 1 aliphatic heterocycles. The number of benzene rings is 1. The molecule has 7 nitrogen and oxygen atoms in total. The first-order chi connectivity index (χ1) is 15.5. The zero-order chi connectivity index (χ0) is 22.2. The number of carbonyl (C=O) groups is 1. The zero-order valence-corrected chi connectivity index (χ0v) is 18.2. The van der Waals surface area contributed by atoms with E-state index in [4.69, 9.17) is 8.83 Å². The van der Waals surface area contributed by atoms with Crippen molar-refractivity contribution in [3.05, 3.63) is 109 Å². The standard InChI is InChI=1S/C24H19N3O4S/c1-14-8-9-18(31-14)21-20(22(28)26-17-6-4-3-5-7-17)15(2)25-24-27(21)23(29)19(32-24)12-16-10-11-30-13-16/h3-13,21H,1-2H3,(H,26,28)/b19-12+/t21-/m1/s1. The van der Waals surface area contributed by atoms with Gasteiger partial charge in [-0.15, -0.1) is 0 Å². The van der Waals surface area contributed by atoms with Crippen LogP contribution in [0.15, 0.2) is 90.9 Å². The molecule has 0 aliphatic carbocycles. The van der Waals surface area contributed by atoms with Crippen LogP contribution in [0.5, 0.6) is 0 Å². The highest BCUT2D eigenvalue weighted by atomic mass is 32.1. The molecule has 1 aromatic carbocycles. The number of thiazole rings is 1. The van der Waals surface area contributed by atoms with Crippen LogP contribution in [0.3, 0.4) is 0 Å². The molecule has 160 valence electrons. The van der Waals surface area contributed by atoms with Crippen LogP contribution in [-0.4, -0.2) is 10.5 Å². The predicted octanol–water partition coefficient (Wildman–Crippen LogP) is 3.37. The number of nitrogens with one attached hydrogen (secondary N) is 1. The molecule has 1 N–H and O–H groups in total. The number of nitrogens with zero attached hydrogens (tertiary/aromatic N) is 2. The van der Waals surface area contributed by atoms with Crippen LogP contribution in [0.1, 0.15) is 30.0 Å². The highest BCUT2D eigenvalue weighted by Crippen LogP contribution is 2.31. The monoisotopic (exact) mass is 445 g/mol. The minimum Gasteiger partial charge on any atom is -0.472 e. The quantitative estimate of drug-likeness (QED) is 0.522. The number of hydrogen-bond donors (Lipinski definition) is 1. The number of para-hydroxylation sites is 1. The zero-order valence-electron chi connectivity index (χ0n) is 17.4. The van der Waals surface area contributed by atoms with Gasteiger partial charge in [-0.1, -0.05) is 29.5 Å². The second-order valence-corrected chi connectivity index (χ2v) is 8.42. The van der Waals surface area contributed by atoms with E-state index in [1.807, 2.05) is 31.2 Å². The highest BCUT2D eigenvalue weighted by Gasteiger charge is 2.34. The third-order valence-electron chi connectivity index (χ3n) is 5.17. The first-order valence-corrected chi connectivity index (χ1v) is 10.8. The van der Waals surface area contributed by atoms with Crippen LogP contribution >= 0.6 is 11.3 Å². The molecule has 0 fully saturated rings. The number of fused-ring (bicyclic) bond motifs is 1. The van der Waals surface area contributed by atoms with E-state index in [1.165, 1.54) is 15.9 Å². The van der Waals surface area contributed by atoms with Gasteiger partial charge >= 0.3 is 0 Å². The van der Waals surface area contributed by atoms with Gasteiger partial charge in [0.2, 0.25) is 0 Å². The predicted molar refractivity (Wildman–Crippen MR) is 121 cm³/mol. The van der Waals surface area contributed by atoms with Crippen molar-refractivity contribution in [1.82, 2.24) is 4.57 Å². The lowest BCUT2D eigenvalue weighted by Gasteiger charge is -2.23. The van der Waals surface area contributed by atoms with Crippen LogP contribution in [0.4, 0.5) is 5.69 Å². The van der Waals surface area contributed by atoms with Crippen LogP contribution in [0.2, 0.25) is 0 Å². The summed E-state index contributed by atoms with van der Waals surface area (Å²) in [6.07, 6.45) is 4.86. The average Bonchev–Trinajstić information content (AvgIpc) is 3.50. The number of amides is 1. The minimum absolute atomic E-state index is 0.244. The summed E-state index contributed by atoms with van der Waals surface area (Å²) in [5, 5.41) is 2.91. The highest BCUT2D eigenvalue weighted by molar-refractivity contribution is 7.07. The lowest BCUT2D eigenvalue weighted by atomic mass is 10.00. The molecule has 0 unspecified atom stereocenters. The summed E-state index contributed by atoms with van der Waals surface area (Å²) in [6, 6.07) is 13.8. The Morgan fingerprint density at radius 3 is 2.66 bits per heavy atom. The van der Waals surface area contributed by atoms with Gasteiger partial charge in [-0.05, 0) is 50.3 Å². The van der Waals surface area contributed by atoms with Crippen molar-refractivity contribution in [2.24, 2.45) is 4.99 Å². The molecule has 1 amide bonds. The molecule has 0 saturated heterocycles. The van der Waals surface area contributed by atoms with Crippen LogP contribution in [-0.2, 0) is 4.79 Å². The Kier molecular flexibility index (Phi) is 4.99. The number of rotatable bonds is 4. The fourth-order valence-corrected chi connectivity index (χ4v) is 4.76. The van der Waals surface area contributed by atoms with E-state index in [-0.39, 0.29) is 11.5 Å². The molecule has 0 radical (unpaired) electrons. The summed E-state index contributed by atoms with van der Waals surface area (Å²) in [6.45, 7) is 3.60. The van der Waals surface area contributed by atoms with E-state index >= 15 is 0 Å². The fourth-order valence-electron chi connectivity index (χ4n) is 3.71. The maximum Gasteiger partial charge on any atom is 0.271 e. The van der Waals surface area contributed by atoms with Crippen molar-refractivity contribution in [2.45, 2.75) is 19.9 Å². The van der Waals surface area contributed by atoms with Gasteiger partial charge in [0, 0.05) is 11.3 Å². The van der Waals surface area contributed by atoms with Gasteiger partial charge in [0.05, 0.1) is 28.3 Å². The van der Waals surface area contributed by atoms with E-state index in [2.05, 4.69) is 10.3 Å². The van der Waals surface area contributed by atoms with Crippen molar-refractivity contribution in [1.29, 1.82) is 0 Å². The molecule has 1 atom stereocenters. The molecule has 4 aromatic rings. The average molecular weight is 446 g/mol. The maximum atomic E-state index is 13.4. The normalized spacial score (nSPS) is 16.1. The first kappa shape index (κ1) is 20.0.